The first-order valence-corrected chi connectivity index (χ1v) is 7.84. The van der Waals surface area contributed by atoms with Gasteiger partial charge in [0, 0.05) is 24.2 Å². The molecule has 1 aliphatic rings. The van der Waals surface area contributed by atoms with Crippen molar-refractivity contribution in [2.24, 2.45) is 5.10 Å². The third kappa shape index (κ3) is 3.71. The van der Waals surface area contributed by atoms with Gasteiger partial charge in [0.05, 0.1) is 16.7 Å². The topological polar surface area (TPSA) is 71.9 Å². The van der Waals surface area contributed by atoms with Gasteiger partial charge < -0.3 is 4.42 Å². The van der Waals surface area contributed by atoms with Crippen LogP contribution in [0.25, 0.3) is 11.3 Å². The summed E-state index contributed by atoms with van der Waals surface area (Å²) in [6.45, 7) is 1.90. The van der Waals surface area contributed by atoms with Crippen LogP contribution in [-0.2, 0) is 0 Å². The number of nitro benzene ring substituents is 1. The first-order valence-electron chi connectivity index (χ1n) is 7.46. The Hall–Kier alpha value is -2.34. The molecule has 0 radical (unpaired) electrons. The Kier molecular flexibility index (Phi) is 4.62. The third-order valence-corrected chi connectivity index (χ3v) is 3.96. The van der Waals surface area contributed by atoms with Crippen molar-refractivity contribution >= 4 is 23.5 Å². The van der Waals surface area contributed by atoms with Crippen LogP contribution in [0, 0.1) is 10.1 Å². The molecule has 0 unspecified atom stereocenters. The van der Waals surface area contributed by atoms with Gasteiger partial charge in [0.15, 0.2) is 0 Å². The molecule has 1 aromatic heterocycles. The van der Waals surface area contributed by atoms with Crippen LogP contribution in [0.3, 0.4) is 0 Å². The van der Waals surface area contributed by atoms with Crippen LogP contribution in [0.15, 0.2) is 39.9 Å². The van der Waals surface area contributed by atoms with Crippen molar-refractivity contribution in [2.75, 3.05) is 13.1 Å². The summed E-state index contributed by atoms with van der Waals surface area (Å²) in [5.41, 5.74) is 0.323. The third-order valence-electron chi connectivity index (χ3n) is 3.73. The number of nitrogens with zero attached hydrogens (tertiary/aromatic N) is 3. The van der Waals surface area contributed by atoms with Crippen molar-refractivity contribution in [2.45, 2.75) is 19.3 Å². The quantitative estimate of drug-likeness (QED) is 0.474. The predicted octanol–water partition coefficient (Wildman–Crippen LogP) is 4.33. The van der Waals surface area contributed by atoms with E-state index in [0.717, 1.165) is 25.9 Å². The van der Waals surface area contributed by atoms with E-state index in [1.54, 1.807) is 30.5 Å². The Bertz CT molecular complexity index is 736. The van der Waals surface area contributed by atoms with Gasteiger partial charge in [-0.1, -0.05) is 11.6 Å². The Morgan fingerprint density at radius 2 is 2.00 bits per heavy atom. The van der Waals surface area contributed by atoms with Crippen LogP contribution >= 0.6 is 11.6 Å². The molecule has 1 fully saturated rings. The Labute approximate surface area is 138 Å². The Balaban J connectivity index is 1.82. The number of hydrazone groups is 1. The van der Waals surface area contributed by atoms with Gasteiger partial charge in [-0.3, -0.25) is 15.1 Å². The average Bonchev–Trinajstić information content (AvgIpc) is 3.02. The van der Waals surface area contributed by atoms with Gasteiger partial charge in [-0.2, -0.15) is 5.10 Å². The second-order valence-electron chi connectivity index (χ2n) is 5.38. The SMILES string of the molecule is O=[N+]([O-])c1cc(Cl)ccc1-c1ccc(/C=N\N2CCCCC2)o1. The van der Waals surface area contributed by atoms with Gasteiger partial charge >= 0.3 is 0 Å². The molecule has 0 atom stereocenters. The molecule has 0 amide bonds. The smallest absolute Gasteiger partial charge is 0.281 e. The summed E-state index contributed by atoms with van der Waals surface area (Å²) >= 11 is 5.83. The number of hydrogen-bond acceptors (Lipinski definition) is 5. The van der Waals surface area contributed by atoms with Gasteiger partial charge in [-0.15, -0.1) is 0 Å². The lowest BCUT2D eigenvalue weighted by atomic mass is 10.1. The molecule has 1 aliphatic heterocycles. The van der Waals surface area contributed by atoms with Gasteiger partial charge in [0.2, 0.25) is 0 Å². The van der Waals surface area contributed by atoms with E-state index in [2.05, 4.69) is 5.10 Å². The maximum Gasteiger partial charge on any atom is 0.281 e. The van der Waals surface area contributed by atoms with E-state index < -0.39 is 4.92 Å². The van der Waals surface area contributed by atoms with E-state index in [1.165, 1.54) is 12.5 Å². The molecule has 1 saturated heterocycles. The summed E-state index contributed by atoms with van der Waals surface area (Å²) in [6, 6.07) is 7.97. The number of piperidine rings is 1. The highest BCUT2D eigenvalue weighted by Crippen LogP contribution is 2.33. The summed E-state index contributed by atoms with van der Waals surface area (Å²) in [6.07, 6.45) is 5.20. The lowest BCUT2D eigenvalue weighted by molar-refractivity contribution is -0.384. The second-order valence-corrected chi connectivity index (χ2v) is 5.82. The van der Waals surface area contributed by atoms with E-state index in [1.807, 2.05) is 5.01 Å². The summed E-state index contributed by atoms with van der Waals surface area (Å²) in [5, 5.41) is 17.9. The zero-order chi connectivity index (χ0) is 16.2. The van der Waals surface area contributed by atoms with Gasteiger partial charge in [0.25, 0.3) is 5.69 Å². The Morgan fingerprint density at radius 3 is 2.74 bits per heavy atom. The molecule has 7 heteroatoms. The molecule has 0 N–H and O–H groups in total. The molecule has 23 heavy (non-hydrogen) atoms. The van der Waals surface area contributed by atoms with Crippen LogP contribution in [0.4, 0.5) is 5.69 Å². The fourth-order valence-electron chi connectivity index (χ4n) is 2.56. The molecule has 0 aliphatic carbocycles. The summed E-state index contributed by atoms with van der Waals surface area (Å²) < 4.78 is 5.67. The van der Waals surface area contributed by atoms with Gasteiger partial charge in [-0.05, 0) is 43.5 Å². The largest absolute Gasteiger partial charge is 0.455 e. The molecule has 120 valence electrons. The van der Waals surface area contributed by atoms with Crippen LogP contribution in [-0.4, -0.2) is 29.2 Å². The van der Waals surface area contributed by atoms with Gasteiger partial charge in [-0.25, -0.2) is 0 Å². The number of nitro groups is 1. The molecule has 2 heterocycles. The normalized spacial score (nSPS) is 15.3. The first kappa shape index (κ1) is 15.6. The van der Waals surface area contributed by atoms with Crippen LogP contribution in [0.5, 0.6) is 0 Å². The van der Waals surface area contributed by atoms with E-state index in [0.29, 0.717) is 22.1 Å². The molecule has 1 aromatic carbocycles. The minimum absolute atomic E-state index is 0.0774. The summed E-state index contributed by atoms with van der Waals surface area (Å²) in [5.74, 6) is 0.989. The number of rotatable bonds is 4. The van der Waals surface area contributed by atoms with Crippen molar-refractivity contribution < 1.29 is 9.34 Å². The van der Waals surface area contributed by atoms with Crippen LogP contribution < -0.4 is 0 Å². The highest BCUT2D eigenvalue weighted by atomic mass is 35.5. The zero-order valence-corrected chi connectivity index (χ0v) is 13.2. The average molecular weight is 334 g/mol. The number of benzene rings is 1. The number of hydrogen-bond donors (Lipinski definition) is 0. The monoisotopic (exact) mass is 333 g/mol. The maximum atomic E-state index is 11.2. The number of halogens is 1. The summed E-state index contributed by atoms with van der Waals surface area (Å²) in [4.78, 5) is 10.7. The van der Waals surface area contributed by atoms with E-state index >= 15 is 0 Å². The Morgan fingerprint density at radius 1 is 1.22 bits per heavy atom. The van der Waals surface area contributed by atoms with E-state index in [9.17, 15) is 10.1 Å². The van der Waals surface area contributed by atoms with Gasteiger partial charge in [0.1, 0.15) is 11.5 Å². The minimum atomic E-state index is -0.467. The van der Waals surface area contributed by atoms with Crippen LogP contribution in [0.2, 0.25) is 5.02 Å². The lowest BCUT2D eigenvalue weighted by Gasteiger charge is -2.22. The van der Waals surface area contributed by atoms with E-state index in [4.69, 9.17) is 16.0 Å². The first-order chi connectivity index (χ1) is 11.1. The fraction of sp³-hybridized carbons (Fsp3) is 0.312. The molecule has 0 spiro atoms. The van der Waals surface area contributed by atoms with Crippen molar-refractivity contribution in [3.63, 3.8) is 0 Å². The molecular formula is C16H16ClN3O3. The van der Waals surface area contributed by atoms with E-state index in [-0.39, 0.29) is 5.69 Å². The minimum Gasteiger partial charge on any atom is -0.455 e. The maximum absolute atomic E-state index is 11.2. The molecular weight excluding hydrogens is 318 g/mol. The van der Waals surface area contributed by atoms with Crippen LogP contribution in [0.1, 0.15) is 25.0 Å². The van der Waals surface area contributed by atoms with Crippen molar-refractivity contribution in [1.82, 2.24) is 5.01 Å². The fourth-order valence-corrected chi connectivity index (χ4v) is 2.73. The van der Waals surface area contributed by atoms with Crippen molar-refractivity contribution in [1.29, 1.82) is 0 Å². The standard InChI is InChI=1S/C16H16ClN3O3/c17-12-4-6-14(15(10-12)20(21)22)16-7-5-13(23-16)11-18-19-8-2-1-3-9-19/h4-7,10-11H,1-3,8-9H2/b18-11-. The number of furan rings is 1. The molecule has 2 aromatic rings. The molecule has 3 rings (SSSR count). The molecule has 6 nitrogen and oxygen atoms in total. The summed E-state index contributed by atoms with van der Waals surface area (Å²) in [7, 11) is 0. The second kappa shape index (κ2) is 6.83. The van der Waals surface area contributed by atoms with Crippen molar-refractivity contribution in [3.05, 3.63) is 51.2 Å². The predicted molar refractivity (Wildman–Crippen MR) is 88.8 cm³/mol. The molecule has 0 saturated carbocycles. The highest BCUT2D eigenvalue weighted by Gasteiger charge is 2.18. The zero-order valence-electron chi connectivity index (χ0n) is 12.4. The highest BCUT2D eigenvalue weighted by molar-refractivity contribution is 6.30. The molecule has 0 bridgehead atoms. The van der Waals surface area contributed by atoms with Crippen molar-refractivity contribution in [3.8, 4) is 11.3 Å². The lowest BCUT2D eigenvalue weighted by Crippen LogP contribution is -2.24.